The molecule has 3 nitrogen and oxygen atoms in total. The number of fused-ring (bicyclic) bond motifs is 1. The van der Waals surface area contributed by atoms with E-state index in [1.807, 2.05) is 48.5 Å². The topological polar surface area (TPSA) is 53.6 Å². The second-order valence-electron chi connectivity index (χ2n) is 4.14. The van der Waals surface area contributed by atoms with Crippen molar-refractivity contribution in [2.45, 2.75) is 0 Å². The molecule has 1 aromatic heterocycles. The third kappa shape index (κ3) is 1.92. The Kier molecular flexibility index (Phi) is 2.66. The Bertz CT molecular complexity index is 674. The van der Waals surface area contributed by atoms with Gasteiger partial charge in [0, 0.05) is 5.39 Å². The van der Waals surface area contributed by atoms with Crippen LogP contribution in [0, 0.1) is 0 Å². The number of rotatable bonds is 2. The lowest BCUT2D eigenvalue weighted by atomic mass is 9.88. The maximum Gasteiger partial charge on any atom is 0.526 e. The molecule has 0 saturated heterocycles. The second-order valence-corrected chi connectivity index (χ2v) is 4.14. The van der Waals surface area contributed by atoms with Gasteiger partial charge in [-0.25, -0.2) is 0 Å². The summed E-state index contributed by atoms with van der Waals surface area (Å²) in [6.07, 6.45) is 0. The summed E-state index contributed by atoms with van der Waals surface area (Å²) in [6, 6.07) is 17.4. The summed E-state index contributed by atoms with van der Waals surface area (Å²) < 4.78 is 5.39. The van der Waals surface area contributed by atoms with Crippen LogP contribution in [-0.4, -0.2) is 17.2 Å². The first kappa shape index (κ1) is 11.1. The van der Waals surface area contributed by atoms with Crippen LogP contribution in [0.4, 0.5) is 0 Å². The molecule has 0 radical (unpaired) electrons. The normalized spacial score (nSPS) is 10.8. The van der Waals surface area contributed by atoms with Gasteiger partial charge < -0.3 is 14.5 Å². The second kappa shape index (κ2) is 4.33. The Morgan fingerprint density at radius 3 is 2.33 bits per heavy atom. The highest BCUT2D eigenvalue weighted by atomic mass is 16.4. The number of furan rings is 1. The average Bonchev–Trinajstić information content (AvgIpc) is 2.82. The first-order valence-electron chi connectivity index (χ1n) is 5.69. The van der Waals surface area contributed by atoms with Crippen molar-refractivity contribution in [2.24, 2.45) is 0 Å². The molecule has 3 aromatic rings. The van der Waals surface area contributed by atoms with Gasteiger partial charge in [-0.3, -0.25) is 0 Å². The van der Waals surface area contributed by atoms with Gasteiger partial charge in [-0.05, 0) is 23.3 Å². The van der Waals surface area contributed by atoms with E-state index >= 15 is 0 Å². The van der Waals surface area contributed by atoms with E-state index in [1.54, 1.807) is 6.07 Å². The molecule has 88 valence electrons. The highest BCUT2D eigenvalue weighted by molar-refractivity contribution is 6.57. The quantitative estimate of drug-likeness (QED) is 0.669. The molecule has 0 saturated carbocycles. The number of benzene rings is 2. The predicted octanol–water partition coefficient (Wildman–Crippen LogP) is 1.78. The maximum atomic E-state index is 9.07. The van der Waals surface area contributed by atoms with Gasteiger partial charge in [0.05, 0.1) is 0 Å². The summed E-state index contributed by atoms with van der Waals surface area (Å²) in [5.74, 6) is 0. The Hall–Kier alpha value is -2.04. The lowest BCUT2D eigenvalue weighted by Gasteiger charge is -2.00. The highest BCUT2D eigenvalue weighted by Crippen LogP contribution is 2.24. The first-order valence-corrected chi connectivity index (χ1v) is 5.69. The van der Waals surface area contributed by atoms with Crippen molar-refractivity contribution in [2.75, 3.05) is 0 Å². The fraction of sp³-hybridized carbons (Fsp3) is 0. The van der Waals surface area contributed by atoms with Gasteiger partial charge in [-0.1, -0.05) is 42.5 Å². The van der Waals surface area contributed by atoms with E-state index in [2.05, 4.69) is 0 Å². The van der Waals surface area contributed by atoms with Crippen LogP contribution >= 0.6 is 0 Å². The molecule has 0 bridgehead atoms. The molecule has 1 heterocycles. The van der Waals surface area contributed by atoms with Crippen molar-refractivity contribution in [3.05, 3.63) is 54.6 Å². The lowest BCUT2D eigenvalue weighted by Crippen LogP contribution is -2.27. The molecule has 0 spiro atoms. The van der Waals surface area contributed by atoms with E-state index < -0.39 is 7.12 Å². The van der Waals surface area contributed by atoms with Crippen LogP contribution < -0.4 is 5.66 Å². The summed E-state index contributed by atoms with van der Waals surface area (Å²) in [6.45, 7) is 0. The van der Waals surface area contributed by atoms with E-state index in [9.17, 15) is 0 Å². The van der Waals surface area contributed by atoms with Crippen LogP contribution in [0.25, 0.3) is 22.1 Å². The van der Waals surface area contributed by atoms with Gasteiger partial charge in [0.25, 0.3) is 0 Å². The smallest absolute Gasteiger partial charge is 0.465 e. The molecule has 0 amide bonds. The minimum Gasteiger partial charge on any atom is -0.465 e. The van der Waals surface area contributed by atoms with Gasteiger partial charge in [0.2, 0.25) is 0 Å². The Morgan fingerprint density at radius 2 is 1.61 bits per heavy atom. The molecule has 0 unspecified atom stereocenters. The Labute approximate surface area is 104 Å². The Morgan fingerprint density at radius 1 is 0.833 bits per heavy atom. The van der Waals surface area contributed by atoms with E-state index in [-0.39, 0.29) is 5.66 Å². The van der Waals surface area contributed by atoms with Crippen molar-refractivity contribution in [1.82, 2.24) is 0 Å². The largest absolute Gasteiger partial charge is 0.526 e. The van der Waals surface area contributed by atoms with E-state index in [0.717, 1.165) is 16.5 Å². The molecule has 2 aromatic carbocycles. The third-order valence-corrected chi connectivity index (χ3v) is 2.90. The lowest BCUT2D eigenvalue weighted by molar-refractivity contribution is 0.412. The van der Waals surface area contributed by atoms with Crippen LogP contribution in [0.2, 0.25) is 0 Å². The zero-order valence-corrected chi connectivity index (χ0v) is 9.58. The monoisotopic (exact) mass is 238 g/mol. The van der Waals surface area contributed by atoms with Crippen LogP contribution in [0.3, 0.4) is 0 Å². The van der Waals surface area contributed by atoms with E-state index in [4.69, 9.17) is 14.5 Å². The average molecular weight is 238 g/mol. The molecular formula is C14H11BO3. The highest BCUT2D eigenvalue weighted by Gasteiger charge is 2.17. The Balaban J connectivity index is 2.11. The van der Waals surface area contributed by atoms with Crippen molar-refractivity contribution < 1.29 is 14.5 Å². The minimum atomic E-state index is -1.57. The van der Waals surface area contributed by atoms with Gasteiger partial charge >= 0.3 is 7.12 Å². The number of hydrogen-bond acceptors (Lipinski definition) is 3. The van der Waals surface area contributed by atoms with Gasteiger partial charge in [-0.15, -0.1) is 0 Å². The van der Waals surface area contributed by atoms with Gasteiger partial charge in [-0.2, -0.15) is 0 Å². The van der Waals surface area contributed by atoms with E-state index in [1.165, 1.54) is 0 Å². The minimum absolute atomic E-state index is 0.162. The maximum absolute atomic E-state index is 9.07. The molecule has 0 aliphatic rings. The molecule has 0 aliphatic carbocycles. The van der Waals surface area contributed by atoms with Crippen molar-refractivity contribution in [1.29, 1.82) is 0 Å². The predicted molar refractivity (Wildman–Crippen MR) is 71.5 cm³/mol. The van der Waals surface area contributed by atoms with Crippen LogP contribution in [0.15, 0.2) is 59.0 Å². The number of hydrogen-bond donors (Lipinski definition) is 2. The summed E-state index contributed by atoms with van der Waals surface area (Å²) in [7, 11) is -1.57. The molecule has 3 rings (SSSR count). The summed E-state index contributed by atoms with van der Waals surface area (Å²) in [5.41, 5.74) is 2.95. The zero-order chi connectivity index (χ0) is 12.5. The third-order valence-electron chi connectivity index (χ3n) is 2.90. The molecule has 0 aliphatic heterocycles. The fourth-order valence-electron chi connectivity index (χ4n) is 1.99. The van der Waals surface area contributed by atoms with Crippen molar-refractivity contribution in [3.63, 3.8) is 0 Å². The summed E-state index contributed by atoms with van der Waals surface area (Å²) in [4.78, 5) is 0. The van der Waals surface area contributed by atoms with Gasteiger partial charge in [0.15, 0.2) is 0 Å². The van der Waals surface area contributed by atoms with E-state index in [0.29, 0.717) is 5.58 Å². The molecular weight excluding hydrogens is 227 g/mol. The molecule has 2 N–H and O–H groups in total. The SMILES string of the molecule is OB(O)c1cc2ccc(-c3ccccc3)cc2o1. The summed E-state index contributed by atoms with van der Waals surface area (Å²) in [5, 5.41) is 19.0. The molecule has 0 fully saturated rings. The van der Waals surface area contributed by atoms with Crippen molar-refractivity contribution in [3.8, 4) is 11.1 Å². The van der Waals surface area contributed by atoms with Crippen molar-refractivity contribution >= 4 is 23.7 Å². The first-order chi connectivity index (χ1) is 8.74. The van der Waals surface area contributed by atoms with Crippen LogP contribution in [0.5, 0.6) is 0 Å². The zero-order valence-electron chi connectivity index (χ0n) is 9.58. The van der Waals surface area contributed by atoms with Crippen LogP contribution in [-0.2, 0) is 0 Å². The standard InChI is InChI=1S/C14H11BO3/c16-15(17)14-9-12-7-6-11(8-13(12)18-14)10-4-2-1-3-5-10/h1-9,16-17H. The molecule has 18 heavy (non-hydrogen) atoms. The summed E-state index contributed by atoms with van der Waals surface area (Å²) >= 11 is 0. The fourth-order valence-corrected chi connectivity index (χ4v) is 1.99. The molecule has 0 atom stereocenters. The molecule has 4 heteroatoms. The van der Waals surface area contributed by atoms with Gasteiger partial charge in [0.1, 0.15) is 11.2 Å². The van der Waals surface area contributed by atoms with Crippen LogP contribution in [0.1, 0.15) is 0 Å².